The van der Waals surface area contributed by atoms with Gasteiger partial charge in [-0.25, -0.2) is 18.5 Å². The number of primary sulfonamides is 1. The average Bonchev–Trinajstić information content (AvgIpc) is 2.46. The van der Waals surface area contributed by atoms with E-state index < -0.39 is 10.0 Å². The van der Waals surface area contributed by atoms with Crippen molar-refractivity contribution >= 4 is 39.0 Å². The smallest absolute Gasteiger partial charge is 0.255 e. The normalized spacial score (nSPS) is 11.1. The number of rotatable bonds is 4. The zero-order valence-corrected chi connectivity index (χ0v) is 14.0. The van der Waals surface area contributed by atoms with E-state index in [2.05, 4.69) is 10.3 Å². The molecule has 3 N–H and O–H groups in total. The molecule has 0 fully saturated rings. The number of nitrogens with zero attached hydrogens (tertiary/aromatic N) is 2. The van der Waals surface area contributed by atoms with Gasteiger partial charge in [-0.1, -0.05) is 11.6 Å². The number of nitrogens with one attached hydrogen (secondary N) is 1. The Morgan fingerprint density at radius 3 is 2.35 bits per heavy atom. The maximum atomic E-state index is 12.3. The van der Waals surface area contributed by atoms with Crippen LogP contribution in [0, 0.1) is 0 Å². The molecule has 0 aliphatic rings. The first-order chi connectivity index (χ1) is 10.7. The van der Waals surface area contributed by atoms with Crippen LogP contribution in [0.15, 0.2) is 41.3 Å². The largest absolute Gasteiger partial charge is 0.363 e. The number of aromatic nitrogens is 1. The van der Waals surface area contributed by atoms with E-state index in [1.807, 2.05) is 0 Å². The maximum absolute atomic E-state index is 12.3. The Morgan fingerprint density at radius 1 is 1.22 bits per heavy atom. The Labute approximate surface area is 139 Å². The Kier molecular flexibility index (Phi) is 4.88. The molecule has 1 amide bonds. The van der Waals surface area contributed by atoms with Gasteiger partial charge in [-0.15, -0.1) is 0 Å². The second-order valence-corrected chi connectivity index (χ2v) is 6.90. The van der Waals surface area contributed by atoms with Gasteiger partial charge in [0.15, 0.2) is 0 Å². The summed E-state index contributed by atoms with van der Waals surface area (Å²) in [4.78, 5) is 18.1. The van der Waals surface area contributed by atoms with Crippen LogP contribution in [0.4, 0.5) is 11.5 Å². The summed E-state index contributed by atoms with van der Waals surface area (Å²) in [5.41, 5.74) is 0.769. The van der Waals surface area contributed by atoms with E-state index >= 15 is 0 Å². The van der Waals surface area contributed by atoms with Gasteiger partial charge in [-0.3, -0.25) is 4.79 Å². The van der Waals surface area contributed by atoms with E-state index in [1.165, 1.54) is 30.3 Å². The van der Waals surface area contributed by atoms with Gasteiger partial charge in [0, 0.05) is 25.3 Å². The number of anilines is 2. The Hall–Kier alpha value is -2.16. The minimum atomic E-state index is -3.76. The van der Waals surface area contributed by atoms with Crippen LogP contribution in [-0.4, -0.2) is 33.4 Å². The van der Waals surface area contributed by atoms with Gasteiger partial charge < -0.3 is 10.2 Å². The molecule has 2 aromatic rings. The quantitative estimate of drug-likeness (QED) is 0.813. The lowest BCUT2D eigenvalue weighted by atomic mass is 10.2. The predicted molar refractivity (Wildman–Crippen MR) is 89.3 cm³/mol. The number of carbonyl (C=O) groups excluding carboxylic acids is 1. The van der Waals surface area contributed by atoms with Crippen molar-refractivity contribution in [2.24, 2.45) is 5.14 Å². The van der Waals surface area contributed by atoms with Crippen molar-refractivity contribution < 1.29 is 13.2 Å². The van der Waals surface area contributed by atoms with Crippen LogP contribution in [-0.2, 0) is 10.0 Å². The SMILES string of the molecule is CN(C)c1cc(C(=O)Nc2ccc(S(N)(=O)=O)cc2)cc(Cl)n1. The fraction of sp³-hybridized carbons (Fsp3) is 0.143. The lowest BCUT2D eigenvalue weighted by molar-refractivity contribution is 0.102. The van der Waals surface area contributed by atoms with Crippen LogP contribution >= 0.6 is 11.6 Å². The van der Waals surface area contributed by atoms with Gasteiger partial charge in [0.2, 0.25) is 10.0 Å². The number of benzene rings is 1. The standard InChI is InChI=1S/C14H15ClN4O3S/c1-19(2)13-8-9(7-12(15)18-13)14(20)17-10-3-5-11(6-4-10)23(16,21)22/h3-8H,1-2H3,(H,17,20)(H2,16,21,22). The lowest BCUT2D eigenvalue weighted by Gasteiger charge is -2.13. The third kappa shape index (κ3) is 4.41. The van der Waals surface area contributed by atoms with Crippen molar-refractivity contribution in [1.29, 1.82) is 0 Å². The summed E-state index contributed by atoms with van der Waals surface area (Å²) in [6.07, 6.45) is 0. The van der Waals surface area contributed by atoms with Crippen LogP contribution < -0.4 is 15.4 Å². The van der Waals surface area contributed by atoms with Crippen LogP contribution in [0.2, 0.25) is 5.15 Å². The molecule has 1 aromatic carbocycles. The fourth-order valence-corrected chi connectivity index (χ4v) is 2.49. The zero-order valence-electron chi connectivity index (χ0n) is 12.4. The third-order valence-corrected chi connectivity index (χ3v) is 4.06. The van der Waals surface area contributed by atoms with Crippen molar-refractivity contribution in [2.75, 3.05) is 24.3 Å². The molecule has 23 heavy (non-hydrogen) atoms. The first kappa shape index (κ1) is 17.2. The summed E-state index contributed by atoms with van der Waals surface area (Å²) >= 11 is 5.91. The van der Waals surface area contributed by atoms with Gasteiger partial charge in [0.25, 0.3) is 5.91 Å². The zero-order chi connectivity index (χ0) is 17.2. The number of nitrogens with two attached hydrogens (primary N) is 1. The topological polar surface area (TPSA) is 105 Å². The number of carbonyl (C=O) groups is 1. The highest BCUT2D eigenvalue weighted by Crippen LogP contribution is 2.19. The summed E-state index contributed by atoms with van der Waals surface area (Å²) in [5.74, 6) is 0.160. The molecule has 0 saturated carbocycles. The maximum Gasteiger partial charge on any atom is 0.255 e. The van der Waals surface area contributed by atoms with Crippen molar-refractivity contribution in [1.82, 2.24) is 4.98 Å². The second-order valence-electron chi connectivity index (χ2n) is 4.95. The van der Waals surface area contributed by atoms with Gasteiger partial charge >= 0.3 is 0 Å². The molecule has 0 bridgehead atoms. The van der Waals surface area contributed by atoms with E-state index in [1.54, 1.807) is 25.1 Å². The second kappa shape index (κ2) is 6.53. The highest BCUT2D eigenvalue weighted by Gasteiger charge is 2.12. The molecule has 0 unspecified atom stereocenters. The minimum absolute atomic E-state index is 0.0302. The predicted octanol–water partition coefficient (Wildman–Crippen LogP) is 1.70. The molecule has 0 saturated heterocycles. The number of hydrogen-bond donors (Lipinski definition) is 2. The highest BCUT2D eigenvalue weighted by atomic mass is 35.5. The number of halogens is 1. The molecule has 122 valence electrons. The molecule has 9 heteroatoms. The van der Waals surface area contributed by atoms with Crippen molar-refractivity contribution in [2.45, 2.75) is 4.90 Å². The van der Waals surface area contributed by atoms with Gasteiger partial charge in [-0.2, -0.15) is 0 Å². The molecular weight excluding hydrogens is 340 g/mol. The van der Waals surface area contributed by atoms with E-state index in [9.17, 15) is 13.2 Å². The fourth-order valence-electron chi connectivity index (χ4n) is 1.77. The third-order valence-electron chi connectivity index (χ3n) is 2.94. The van der Waals surface area contributed by atoms with Crippen LogP contribution in [0.1, 0.15) is 10.4 Å². The summed E-state index contributed by atoms with van der Waals surface area (Å²) in [5, 5.41) is 7.87. The molecule has 0 atom stereocenters. The summed E-state index contributed by atoms with van der Waals surface area (Å²) in [6, 6.07) is 8.58. The molecule has 0 spiro atoms. The number of hydrogen-bond acceptors (Lipinski definition) is 5. The Bertz CT molecular complexity index is 836. The van der Waals surface area contributed by atoms with E-state index in [0.29, 0.717) is 17.1 Å². The molecule has 0 aliphatic heterocycles. The highest BCUT2D eigenvalue weighted by molar-refractivity contribution is 7.89. The molecule has 0 radical (unpaired) electrons. The monoisotopic (exact) mass is 354 g/mol. The number of sulfonamides is 1. The van der Waals surface area contributed by atoms with Crippen LogP contribution in [0.3, 0.4) is 0 Å². The Morgan fingerprint density at radius 2 is 1.83 bits per heavy atom. The minimum Gasteiger partial charge on any atom is -0.363 e. The first-order valence-corrected chi connectivity index (χ1v) is 8.38. The molecule has 0 aliphatic carbocycles. The molecule has 2 rings (SSSR count). The summed E-state index contributed by atoms with van der Waals surface area (Å²) in [7, 11) is -0.197. The van der Waals surface area contributed by atoms with Crippen molar-refractivity contribution in [3.8, 4) is 0 Å². The lowest BCUT2D eigenvalue weighted by Crippen LogP contribution is -2.16. The molecule has 1 aromatic heterocycles. The van der Waals surface area contributed by atoms with Gasteiger partial charge in [0.1, 0.15) is 11.0 Å². The van der Waals surface area contributed by atoms with E-state index in [0.717, 1.165) is 0 Å². The average molecular weight is 355 g/mol. The first-order valence-electron chi connectivity index (χ1n) is 6.46. The summed E-state index contributed by atoms with van der Waals surface area (Å²) < 4.78 is 22.4. The molecule has 1 heterocycles. The number of pyridine rings is 1. The van der Waals surface area contributed by atoms with E-state index in [4.69, 9.17) is 16.7 Å². The Balaban J connectivity index is 2.22. The van der Waals surface area contributed by atoms with Crippen molar-refractivity contribution in [3.05, 3.63) is 47.1 Å². The van der Waals surface area contributed by atoms with Crippen molar-refractivity contribution in [3.63, 3.8) is 0 Å². The molecular formula is C14H15ClN4O3S. The number of amides is 1. The van der Waals surface area contributed by atoms with E-state index in [-0.39, 0.29) is 16.0 Å². The molecule has 7 nitrogen and oxygen atoms in total. The van der Waals surface area contributed by atoms with Gasteiger partial charge in [0.05, 0.1) is 4.90 Å². The van der Waals surface area contributed by atoms with Crippen LogP contribution in [0.5, 0.6) is 0 Å². The van der Waals surface area contributed by atoms with Gasteiger partial charge in [-0.05, 0) is 36.4 Å². The van der Waals surface area contributed by atoms with Crippen LogP contribution in [0.25, 0.3) is 0 Å². The summed E-state index contributed by atoms with van der Waals surface area (Å²) in [6.45, 7) is 0.